The molecule has 2 heterocycles. The molecule has 3 aromatic rings. The number of benzene rings is 2. The quantitative estimate of drug-likeness (QED) is 0.671. The van der Waals surface area contributed by atoms with E-state index in [1.165, 1.54) is 0 Å². The van der Waals surface area contributed by atoms with Crippen LogP contribution in [0.4, 0.5) is 0 Å². The highest BCUT2D eigenvalue weighted by Gasteiger charge is 2.13. The number of nitriles is 1. The molecule has 0 saturated carbocycles. The molecule has 1 aliphatic rings. The summed E-state index contributed by atoms with van der Waals surface area (Å²) >= 11 is 3.42. The molecule has 4 rings (SSSR count). The molecule has 0 spiro atoms. The normalized spacial score (nSPS) is 13.0. The van der Waals surface area contributed by atoms with Crippen LogP contribution in [0.1, 0.15) is 17.5 Å². The van der Waals surface area contributed by atoms with Crippen LogP contribution in [0.3, 0.4) is 0 Å². The average molecular weight is 440 g/mol. The average Bonchev–Trinajstić information content (AvgIpc) is 2.87. The van der Waals surface area contributed by atoms with Gasteiger partial charge in [0.1, 0.15) is 12.6 Å². The van der Waals surface area contributed by atoms with Gasteiger partial charge in [-0.2, -0.15) is 5.26 Å². The fraction of sp³-hybridized carbons (Fsp3) is 0.238. The van der Waals surface area contributed by atoms with Gasteiger partial charge in [0.15, 0.2) is 11.5 Å². The van der Waals surface area contributed by atoms with Gasteiger partial charge in [0.05, 0.1) is 18.8 Å². The molecule has 1 aliphatic heterocycles. The minimum absolute atomic E-state index is 0.128. The Morgan fingerprint density at radius 1 is 1.18 bits per heavy atom. The van der Waals surface area contributed by atoms with Gasteiger partial charge in [0, 0.05) is 34.5 Å². The first-order valence-electron chi connectivity index (χ1n) is 8.98. The number of hydrogen-bond acceptors (Lipinski definition) is 4. The van der Waals surface area contributed by atoms with Crippen LogP contribution in [0.15, 0.2) is 47.1 Å². The van der Waals surface area contributed by atoms with Crippen LogP contribution in [-0.2, 0) is 17.9 Å². The number of rotatable bonds is 4. The monoisotopic (exact) mass is 439 g/mol. The van der Waals surface area contributed by atoms with Crippen LogP contribution < -0.4 is 14.8 Å². The summed E-state index contributed by atoms with van der Waals surface area (Å²) in [5.74, 6) is 1.32. The van der Waals surface area contributed by atoms with E-state index in [1.807, 2.05) is 36.4 Å². The minimum atomic E-state index is -0.128. The van der Waals surface area contributed by atoms with E-state index in [2.05, 4.69) is 27.3 Å². The minimum Gasteiger partial charge on any atom is -0.490 e. The highest BCUT2D eigenvalue weighted by atomic mass is 79.9. The zero-order valence-corrected chi connectivity index (χ0v) is 16.7. The lowest BCUT2D eigenvalue weighted by atomic mass is 10.2. The largest absolute Gasteiger partial charge is 0.490 e. The summed E-state index contributed by atoms with van der Waals surface area (Å²) in [6, 6.07) is 13.6. The van der Waals surface area contributed by atoms with Crippen molar-refractivity contribution in [3.05, 3.63) is 58.2 Å². The molecule has 0 aliphatic carbocycles. The molecule has 142 valence electrons. The van der Waals surface area contributed by atoms with E-state index in [0.29, 0.717) is 31.1 Å². The Bertz CT molecular complexity index is 1080. The van der Waals surface area contributed by atoms with Crippen LogP contribution in [0.25, 0.3) is 10.9 Å². The topological polar surface area (TPSA) is 76.3 Å². The van der Waals surface area contributed by atoms with Gasteiger partial charge in [0.25, 0.3) is 0 Å². The molecule has 7 heteroatoms. The van der Waals surface area contributed by atoms with Crippen molar-refractivity contribution in [3.8, 4) is 17.6 Å². The van der Waals surface area contributed by atoms with Crippen LogP contribution in [0, 0.1) is 11.3 Å². The predicted molar refractivity (Wildman–Crippen MR) is 108 cm³/mol. The number of ether oxygens (including phenoxy) is 2. The van der Waals surface area contributed by atoms with Crippen LogP contribution >= 0.6 is 15.9 Å². The van der Waals surface area contributed by atoms with Crippen molar-refractivity contribution < 1.29 is 14.3 Å². The molecule has 0 bridgehead atoms. The van der Waals surface area contributed by atoms with Crippen molar-refractivity contribution in [1.82, 2.24) is 9.88 Å². The van der Waals surface area contributed by atoms with Crippen molar-refractivity contribution in [2.45, 2.75) is 19.5 Å². The summed E-state index contributed by atoms with van der Waals surface area (Å²) in [5, 5.41) is 13.1. The van der Waals surface area contributed by atoms with E-state index in [4.69, 9.17) is 9.47 Å². The summed E-state index contributed by atoms with van der Waals surface area (Å²) in [7, 11) is 0. The van der Waals surface area contributed by atoms with Crippen LogP contribution in [-0.4, -0.2) is 23.7 Å². The van der Waals surface area contributed by atoms with Crippen molar-refractivity contribution in [3.63, 3.8) is 0 Å². The molecule has 0 unspecified atom stereocenters. The maximum atomic E-state index is 12.5. The Balaban J connectivity index is 1.45. The number of nitrogens with one attached hydrogen (secondary N) is 1. The standard InChI is InChI=1S/C21H18BrN3O3/c22-16-3-4-18-17(9-16)15(10-23)12-25(18)13-21(26)24-11-14-2-5-19-20(8-14)28-7-1-6-27-19/h2-5,8-9,12H,1,6-7,11,13H2,(H,24,26). The molecule has 0 fully saturated rings. The molecule has 28 heavy (non-hydrogen) atoms. The van der Waals surface area contributed by atoms with Crippen molar-refractivity contribution >= 4 is 32.7 Å². The third-order valence-electron chi connectivity index (χ3n) is 4.58. The molecule has 1 aromatic heterocycles. The predicted octanol–water partition coefficient (Wildman–Crippen LogP) is 3.75. The Hall–Kier alpha value is -2.98. The number of halogens is 1. The van der Waals surface area contributed by atoms with Crippen molar-refractivity contribution in [2.24, 2.45) is 0 Å². The van der Waals surface area contributed by atoms with Gasteiger partial charge < -0.3 is 19.4 Å². The Kier molecular flexibility index (Phi) is 5.22. The van der Waals surface area contributed by atoms with Gasteiger partial charge in [-0.1, -0.05) is 22.0 Å². The highest BCUT2D eigenvalue weighted by molar-refractivity contribution is 9.10. The molecule has 1 N–H and O–H groups in total. The zero-order valence-electron chi connectivity index (χ0n) is 15.1. The highest BCUT2D eigenvalue weighted by Crippen LogP contribution is 2.30. The lowest BCUT2D eigenvalue weighted by molar-refractivity contribution is -0.121. The number of aromatic nitrogens is 1. The van der Waals surface area contributed by atoms with Crippen LogP contribution in [0.2, 0.25) is 0 Å². The first kappa shape index (κ1) is 18.4. The van der Waals surface area contributed by atoms with E-state index >= 15 is 0 Å². The summed E-state index contributed by atoms with van der Waals surface area (Å²) < 4.78 is 14.0. The maximum Gasteiger partial charge on any atom is 0.240 e. The van der Waals surface area contributed by atoms with Crippen molar-refractivity contribution in [2.75, 3.05) is 13.2 Å². The molecular weight excluding hydrogens is 422 g/mol. The number of carbonyl (C=O) groups excluding carboxylic acids is 1. The lowest BCUT2D eigenvalue weighted by Crippen LogP contribution is -2.26. The first-order chi connectivity index (χ1) is 13.6. The molecule has 1 amide bonds. The molecule has 6 nitrogen and oxygen atoms in total. The van der Waals surface area contributed by atoms with E-state index in [1.54, 1.807) is 10.8 Å². The number of hydrogen-bond donors (Lipinski definition) is 1. The SMILES string of the molecule is N#Cc1cn(CC(=O)NCc2ccc3c(c2)OCCCO3)c2ccc(Br)cc12. The molecule has 0 saturated heterocycles. The number of nitrogens with zero attached hydrogens (tertiary/aromatic N) is 2. The number of carbonyl (C=O) groups is 1. The zero-order chi connectivity index (χ0) is 19.5. The second-order valence-electron chi connectivity index (χ2n) is 6.55. The summed E-state index contributed by atoms with van der Waals surface area (Å²) in [5.41, 5.74) is 2.34. The van der Waals surface area contributed by atoms with E-state index < -0.39 is 0 Å². The second-order valence-corrected chi connectivity index (χ2v) is 7.47. The van der Waals surface area contributed by atoms with E-state index in [0.717, 1.165) is 33.1 Å². The number of amides is 1. The molecule has 0 atom stereocenters. The lowest BCUT2D eigenvalue weighted by Gasteiger charge is -2.11. The fourth-order valence-corrected chi connectivity index (χ4v) is 3.58. The molecule has 2 aromatic carbocycles. The Morgan fingerprint density at radius 3 is 2.82 bits per heavy atom. The summed E-state index contributed by atoms with van der Waals surface area (Å²) in [6.45, 7) is 1.81. The first-order valence-corrected chi connectivity index (χ1v) is 9.77. The fourth-order valence-electron chi connectivity index (χ4n) is 3.22. The van der Waals surface area contributed by atoms with Gasteiger partial charge >= 0.3 is 0 Å². The van der Waals surface area contributed by atoms with Gasteiger partial charge in [0.2, 0.25) is 5.91 Å². The van der Waals surface area contributed by atoms with E-state index in [-0.39, 0.29) is 12.5 Å². The molecule has 0 radical (unpaired) electrons. The van der Waals surface area contributed by atoms with Gasteiger partial charge in [-0.3, -0.25) is 4.79 Å². The third-order valence-corrected chi connectivity index (χ3v) is 5.07. The third kappa shape index (κ3) is 3.82. The van der Waals surface area contributed by atoms with Gasteiger partial charge in [-0.25, -0.2) is 0 Å². The van der Waals surface area contributed by atoms with Gasteiger partial charge in [-0.15, -0.1) is 0 Å². The second kappa shape index (κ2) is 7.95. The Morgan fingerprint density at radius 2 is 2.00 bits per heavy atom. The number of fused-ring (bicyclic) bond motifs is 2. The van der Waals surface area contributed by atoms with Crippen molar-refractivity contribution in [1.29, 1.82) is 5.26 Å². The van der Waals surface area contributed by atoms with Gasteiger partial charge in [-0.05, 0) is 35.9 Å². The molecular formula is C21H18BrN3O3. The van der Waals surface area contributed by atoms with E-state index in [9.17, 15) is 10.1 Å². The maximum absolute atomic E-state index is 12.5. The Labute approximate surface area is 170 Å². The smallest absolute Gasteiger partial charge is 0.240 e. The van der Waals surface area contributed by atoms with Crippen LogP contribution in [0.5, 0.6) is 11.5 Å². The summed E-state index contributed by atoms with van der Waals surface area (Å²) in [6.07, 6.45) is 2.57. The summed E-state index contributed by atoms with van der Waals surface area (Å²) in [4.78, 5) is 12.5.